The number of nitrogens with zero attached hydrogens (tertiary/aromatic N) is 1. The number of likely N-dealkylation sites (N-methyl/N-ethyl adjacent to an activating group) is 1. The number of allylic oxidation sites excluding steroid dienone is 6. The van der Waals surface area contributed by atoms with Gasteiger partial charge in [0, 0.05) is 12.8 Å². The maximum Gasteiger partial charge on any atom is 0.306 e. The number of quaternary nitrogens is 1. The number of carboxylic acids is 1. The van der Waals surface area contributed by atoms with Crippen molar-refractivity contribution in [2.24, 2.45) is 0 Å². The third-order valence-corrected chi connectivity index (χ3v) is 14.9. The highest BCUT2D eigenvalue weighted by atomic mass is 16.7. The molecule has 0 aliphatic heterocycles. The molecular weight excluding hydrogens is 959 g/mol. The smallest absolute Gasteiger partial charge is 0.306 e. The van der Waals surface area contributed by atoms with Gasteiger partial charge in [0.25, 0.3) is 0 Å². The Kier molecular flexibility index (Phi) is 57.7. The predicted molar refractivity (Wildman–Crippen MR) is 325 cm³/mol. The summed E-state index contributed by atoms with van der Waals surface area (Å²) in [5.41, 5.74) is 0. The van der Waals surface area contributed by atoms with Crippen molar-refractivity contribution in [2.45, 2.75) is 334 Å². The lowest BCUT2D eigenvalue weighted by atomic mass is 10.0. The lowest BCUT2D eigenvalue weighted by molar-refractivity contribution is -0.870. The van der Waals surface area contributed by atoms with Crippen LogP contribution in [0.5, 0.6) is 0 Å². The first kappa shape index (κ1) is 74.5. The topological polar surface area (TPSA) is 111 Å². The molecular formula is C68H127NO8. The highest BCUT2D eigenvalue weighted by Gasteiger charge is 2.22. The van der Waals surface area contributed by atoms with Crippen molar-refractivity contribution in [3.05, 3.63) is 36.5 Å². The number of rotatable bonds is 62. The summed E-state index contributed by atoms with van der Waals surface area (Å²) in [6, 6.07) is 0. The summed E-state index contributed by atoms with van der Waals surface area (Å²) in [6.45, 7) is 4.79. The third-order valence-electron chi connectivity index (χ3n) is 14.9. The summed E-state index contributed by atoms with van der Waals surface area (Å²) in [5.74, 6) is -2.26. The molecule has 2 atom stereocenters. The molecule has 9 nitrogen and oxygen atoms in total. The Morgan fingerprint density at radius 3 is 1.04 bits per heavy atom. The number of ether oxygens (including phenoxy) is 4. The molecule has 0 bridgehead atoms. The molecule has 0 aromatic heterocycles. The molecule has 452 valence electrons. The molecule has 0 saturated heterocycles. The van der Waals surface area contributed by atoms with Gasteiger partial charge in [0.1, 0.15) is 13.2 Å². The molecule has 0 saturated carbocycles. The lowest BCUT2D eigenvalue weighted by Crippen LogP contribution is -2.44. The van der Waals surface area contributed by atoms with Gasteiger partial charge in [0.2, 0.25) is 0 Å². The van der Waals surface area contributed by atoms with E-state index in [0.717, 1.165) is 51.4 Å². The van der Waals surface area contributed by atoms with E-state index in [1.165, 1.54) is 238 Å². The summed E-state index contributed by atoms with van der Waals surface area (Å²) < 4.78 is 22.8. The van der Waals surface area contributed by atoms with E-state index in [4.69, 9.17) is 18.9 Å². The van der Waals surface area contributed by atoms with Crippen molar-refractivity contribution in [2.75, 3.05) is 47.5 Å². The first-order chi connectivity index (χ1) is 37.6. The average Bonchev–Trinajstić information content (AvgIpc) is 3.40. The number of carbonyl (C=O) groups is 3. The predicted octanol–water partition coefficient (Wildman–Crippen LogP) is 18.7. The second-order valence-corrected chi connectivity index (χ2v) is 23.8. The van der Waals surface area contributed by atoms with Crippen LogP contribution in [0.25, 0.3) is 0 Å². The van der Waals surface area contributed by atoms with Gasteiger partial charge in [-0.05, 0) is 51.4 Å². The second kappa shape index (κ2) is 59.6. The minimum atomic E-state index is -1.62. The van der Waals surface area contributed by atoms with Crippen LogP contribution >= 0.6 is 0 Å². The quantitative estimate of drug-likeness (QED) is 0.0195. The molecule has 0 amide bonds. The van der Waals surface area contributed by atoms with Crippen LogP contribution < -0.4 is 5.11 Å². The number of esters is 2. The van der Waals surface area contributed by atoms with Gasteiger partial charge in [-0.15, -0.1) is 0 Å². The number of hydrogen-bond acceptors (Lipinski definition) is 8. The Hall–Kier alpha value is -2.49. The molecule has 0 aromatic carbocycles. The molecule has 0 spiro atoms. The summed E-state index contributed by atoms with van der Waals surface area (Å²) >= 11 is 0. The molecule has 9 heteroatoms. The number of hydrogen-bond donors (Lipinski definition) is 0. The second-order valence-electron chi connectivity index (χ2n) is 23.8. The van der Waals surface area contributed by atoms with Crippen LogP contribution in [0.15, 0.2) is 36.5 Å². The van der Waals surface area contributed by atoms with E-state index in [-0.39, 0.29) is 32.2 Å². The van der Waals surface area contributed by atoms with Gasteiger partial charge < -0.3 is 33.3 Å². The van der Waals surface area contributed by atoms with E-state index in [1.807, 2.05) is 21.1 Å². The van der Waals surface area contributed by atoms with Crippen LogP contribution in [0.4, 0.5) is 0 Å². The molecule has 0 rings (SSSR count). The zero-order valence-electron chi connectivity index (χ0n) is 51.6. The molecule has 0 heterocycles. The minimum Gasteiger partial charge on any atom is -0.545 e. The molecule has 0 aliphatic carbocycles. The fraction of sp³-hybridized carbons (Fsp3) is 0.868. The van der Waals surface area contributed by atoms with Gasteiger partial charge >= 0.3 is 11.9 Å². The van der Waals surface area contributed by atoms with Gasteiger partial charge in [0.15, 0.2) is 12.4 Å². The van der Waals surface area contributed by atoms with Crippen molar-refractivity contribution >= 4 is 17.9 Å². The Morgan fingerprint density at radius 2 is 0.701 bits per heavy atom. The molecule has 77 heavy (non-hydrogen) atoms. The Bertz CT molecular complexity index is 1360. The summed E-state index contributed by atoms with van der Waals surface area (Å²) in [4.78, 5) is 37.4. The van der Waals surface area contributed by atoms with Crippen molar-refractivity contribution < 1.29 is 42.9 Å². The van der Waals surface area contributed by atoms with Crippen LogP contribution in [-0.2, 0) is 33.3 Å². The highest BCUT2D eigenvalue weighted by Crippen LogP contribution is 2.18. The van der Waals surface area contributed by atoms with Crippen molar-refractivity contribution in [1.29, 1.82) is 0 Å². The first-order valence-corrected chi connectivity index (χ1v) is 33.1. The standard InChI is InChI=1S/C68H127NO8/c1-6-8-10-12-14-16-18-20-22-24-26-28-30-32-33-35-37-39-41-43-45-47-49-51-53-55-57-59-66(71)77-64(63-76-68(67(72)73)74-61-60-69(3,4)5)62-75-65(70)58-56-54-52-50-48-46-44-42-40-38-36-34-31-29-27-25-23-21-19-17-15-13-11-9-7-2/h18,20,24,26,30,32,64,68H,6-17,19,21-23,25,27-29,31,33-63H2,1-5H3/b20-18-,26-24-,32-30-. The van der Waals surface area contributed by atoms with E-state index in [9.17, 15) is 19.5 Å². The van der Waals surface area contributed by atoms with Crippen molar-refractivity contribution in [3.63, 3.8) is 0 Å². The van der Waals surface area contributed by atoms with Gasteiger partial charge in [-0.2, -0.15) is 0 Å². The normalized spacial score (nSPS) is 12.9. The van der Waals surface area contributed by atoms with Crippen LogP contribution in [0.2, 0.25) is 0 Å². The average molecular weight is 1090 g/mol. The molecule has 0 aliphatic rings. The number of carbonyl (C=O) groups excluding carboxylic acids is 3. The third kappa shape index (κ3) is 61.0. The summed E-state index contributed by atoms with van der Waals surface area (Å²) in [6.07, 6.45) is 70.7. The Morgan fingerprint density at radius 1 is 0.390 bits per heavy atom. The van der Waals surface area contributed by atoms with Crippen molar-refractivity contribution in [3.8, 4) is 0 Å². The largest absolute Gasteiger partial charge is 0.545 e. The van der Waals surface area contributed by atoms with E-state index < -0.39 is 24.3 Å². The Balaban J connectivity index is 4.13. The zero-order chi connectivity index (χ0) is 56.2. The summed E-state index contributed by atoms with van der Waals surface area (Å²) in [5, 5.41) is 11.8. The number of aliphatic carboxylic acids is 1. The van der Waals surface area contributed by atoms with Crippen molar-refractivity contribution in [1.82, 2.24) is 0 Å². The first-order valence-electron chi connectivity index (χ1n) is 33.1. The van der Waals surface area contributed by atoms with Crippen LogP contribution in [0.1, 0.15) is 322 Å². The van der Waals surface area contributed by atoms with E-state index in [1.54, 1.807) is 0 Å². The fourth-order valence-corrected chi connectivity index (χ4v) is 9.78. The maximum atomic E-state index is 12.9. The molecule has 0 aromatic rings. The van der Waals surface area contributed by atoms with Gasteiger partial charge in [-0.1, -0.05) is 294 Å². The molecule has 2 unspecified atom stereocenters. The van der Waals surface area contributed by atoms with Crippen LogP contribution in [0.3, 0.4) is 0 Å². The lowest BCUT2D eigenvalue weighted by Gasteiger charge is -2.26. The van der Waals surface area contributed by atoms with Crippen LogP contribution in [-0.4, -0.2) is 82.3 Å². The fourth-order valence-electron chi connectivity index (χ4n) is 9.78. The summed E-state index contributed by atoms with van der Waals surface area (Å²) in [7, 11) is 5.94. The van der Waals surface area contributed by atoms with Gasteiger partial charge in [0.05, 0.1) is 40.3 Å². The van der Waals surface area contributed by atoms with E-state index in [2.05, 4.69) is 50.3 Å². The number of unbranched alkanes of at least 4 members (excludes halogenated alkanes) is 41. The van der Waals surface area contributed by atoms with E-state index in [0.29, 0.717) is 23.9 Å². The molecule has 0 fully saturated rings. The molecule has 0 radical (unpaired) electrons. The van der Waals surface area contributed by atoms with Gasteiger partial charge in [-0.3, -0.25) is 9.59 Å². The van der Waals surface area contributed by atoms with E-state index >= 15 is 0 Å². The SMILES string of the molecule is CCCCCCC/C=C\C/C=C\C/C=C\CCCCCCCCCCCCCCC(=O)OC(COC(=O)CCCCCCCCCCCCCCCCCCCCCCCCCCC)COC(OCC[N+](C)(C)C)C(=O)[O-]. The van der Waals surface area contributed by atoms with Crippen LogP contribution in [0, 0.1) is 0 Å². The highest BCUT2D eigenvalue weighted by molar-refractivity contribution is 5.70. The van der Waals surface area contributed by atoms with Gasteiger partial charge in [-0.25, -0.2) is 0 Å². The molecule has 0 N–H and O–H groups in total. The monoisotopic (exact) mass is 1090 g/mol. The number of carboxylic acid groups (broad SMARTS) is 1. The zero-order valence-corrected chi connectivity index (χ0v) is 51.6. The maximum absolute atomic E-state index is 12.9. The Labute approximate surface area is 477 Å². The minimum absolute atomic E-state index is 0.149.